The van der Waals surface area contributed by atoms with Crippen LogP contribution in [-0.4, -0.2) is 77.4 Å². The summed E-state index contributed by atoms with van der Waals surface area (Å²) < 4.78 is 0. The number of nitrogens with one attached hydrogen (secondary N) is 2. The Bertz CT molecular complexity index is 829. The van der Waals surface area contributed by atoms with Gasteiger partial charge in [0.25, 0.3) is 5.91 Å². The minimum absolute atomic E-state index is 0.0904. The molecule has 2 N–H and O–H groups in total. The summed E-state index contributed by atoms with van der Waals surface area (Å²) in [4.78, 5) is 47.6. The predicted molar refractivity (Wildman–Crippen MR) is 121 cm³/mol. The molecule has 3 fully saturated rings. The van der Waals surface area contributed by atoms with Gasteiger partial charge in [-0.1, -0.05) is 25.8 Å². The number of amides is 4. The van der Waals surface area contributed by atoms with Crippen molar-refractivity contribution < 1.29 is 14.4 Å². The second-order valence-corrected chi connectivity index (χ2v) is 9.00. The maximum Gasteiger partial charge on any atom is 0.325 e. The second-order valence-electron chi connectivity index (χ2n) is 9.00. The van der Waals surface area contributed by atoms with Gasteiger partial charge in [-0.15, -0.1) is 0 Å². The minimum Gasteiger partial charge on any atom is -0.354 e. The van der Waals surface area contributed by atoms with E-state index in [-0.39, 0.29) is 30.8 Å². The first-order chi connectivity index (χ1) is 15.5. The number of urea groups is 1. The molecule has 4 amide bonds. The van der Waals surface area contributed by atoms with Gasteiger partial charge in [0, 0.05) is 51.9 Å². The molecule has 2 aliphatic heterocycles. The zero-order valence-corrected chi connectivity index (χ0v) is 18.9. The zero-order chi connectivity index (χ0) is 22.6. The highest BCUT2D eigenvalue weighted by Gasteiger charge is 2.52. The first kappa shape index (κ1) is 22.5. The number of piperazine rings is 1. The predicted octanol–water partition coefficient (Wildman–Crippen LogP) is 1.48. The molecule has 0 radical (unpaired) electrons. The van der Waals surface area contributed by atoms with Crippen molar-refractivity contribution in [3.63, 3.8) is 0 Å². The molecule has 3 heterocycles. The Labute approximate surface area is 189 Å². The van der Waals surface area contributed by atoms with Crippen LogP contribution < -0.4 is 15.5 Å². The van der Waals surface area contributed by atoms with Gasteiger partial charge in [-0.2, -0.15) is 0 Å². The first-order valence-corrected chi connectivity index (χ1v) is 11.8. The van der Waals surface area contributed by atoms with Crippen LogP contribution in [0.5, 0.6) is 0 Å². The molecular formula is C23H34N6O3. The van der Waals surface area contributed by atoms with Crippen molar-refractivity contribution in [2.75, 3.05) is 44.2 Å². The average molecular weight is 443 g/mol. The van der Waals surface area contributed by atoms with E-state index in [1.54, 1.807) is 0 Å². The van der Waals surface area contributed by atoms with Gasteiger partial charge >= 0.3 is 6.03 Å². The molecule has 32 heavy (non-hydrogen) atoms. The van der Waals surface area contributed by atoms with Crippen LogP contribution >= 0.6 is 0 Å². The Kier molecular flexibility index (Phi) is 6.93. The van der Waals surface area contributed by atoms with Crippen molar-refractivity contribution in [3.05, 3.63) is 23.9 Å². The quantitative estimate of drug-likeness (QED) is 0.592. The highest BCUT2D eigenvalue weighted by Crippen LogP contribution is 2.35. The molecule has 3 aliphatic rings. The van der Waals surface area contributed by atoms with E-state index < -0.39 is 5.54 Å². The minimum atomic E-state index is -0.678. The standard InChI is InChI=1S/C23H34N6O3/c1-2-27-12-14-28(15-13-27)19-8-7-18(16-24-19)17-25-20(30)6-5-11-29-21(31)23(26-22(29)32)9-3-4-10-23/h7-8,16H,2-6,9-15,17H2,1H3,(H,25,30)(H,26,32). The normalized spacial score (nSPS) is 20.8. The third-order valence-corrected chi connectivity index (χ3v) is 6.93. The van der Waals surface area contributed by atoms with E-state index in [0.29, 0.717) is 13.0 Å². The van der Waals surface area contributed by atoms with Crippen molar-refractivity contribution in [3.8, 4) is 0 Å². The van der Waals surface area contributed by atoms with Gasteiger partial charge < -0.3 is 20.4 Å². The molecule has 1 saturated carbocycles. The number of carbonyl (C=O) groups is 3. The SMILES string of the molecule is CCN1CCN(c2ccc(CNC(=O)CCCN3C(=O)NC4(CCCC4)C3=O)cn2)CC1. The summed E-state index contributed by atoms with van der Waals surface area (Å²) in [6.45, 7) is 8.05. The molecule has 9 nitrogen and oxygen atoms in total. The Morgan fingerprint density at radius 3 is 2.56 bits per heavy atom. The lowest BCUT2D eigenvalue weighted by atomic mass is 9.98. The van der Waals surface area contributed by atoms with Crippen molar-refractivity contribution in [2.45, 2.75) is 57.5 Å². The molecule has 4 rings (SSSR count). The van der Waals surface area contributed by atoms with E-state index in [1.807, 2.05) is 18.3 Å². The molecule has 174 valence electrons. The lowest BCUT2D eigenvalue weighted by Crippen LogP contribution is -2.46. The number of carbonyl (C=O) groups excluding carboxylic acids is 3. The maximum absolute atomic E-state index is 12.6. The number of nitrogens with zero attached hydrogens (tertiary/aromatic N) is 4. The summed E-state index contributed by atoms with van der Waals surface area (Å²) in [5.41, 5.74) is 0.272. The summed E-state index contributed by atoms with van der Waals surface area (Å²) in [6.07, 6.45) is 5.92. The van der Waals surface area contributed by atoms with E-state index in [4.69, 9.17) is 0 Å². The lowest BCUT2D eigenvalue weighted by Gasteiger charge is -2.34. The Balaban J connectivity index is 1.17. The maximum atomic E-state index is 12.6. The Morgan fingerprint density at radius 2 is 1.91 bits per heavy atom. The van der Waals surface area contributed by atoms with Gasteiger partial charge in [-0.25, -0.2) is 9.78 Å². The summed E-state index contributed by atoms with van der Waals surface area (Å²) in [7, 11) is 0. The van der Waals surface area contributed by atoms with E-state index >= 15 is 0 Å². The summed E-state index contributed by atoms with van der Waals surface area (Å²) in [5.74, 6) is 0.763. The molecule has 1 spiro atoms. The van der Waals surface area contributed by atoms with Gasteiger partial charge in [0.05, 0.1) is 0 Å². The Morgan fingerprint density at radius 1 is 1.16 bits per heavy atom. The third-order valence-electron chi connectivity index (χ3n) is 6.93. The molecule has 1 aromatic heterocycles. The molecule has 9 heteroatoms. The zero-order valence-electron chi connectivity index (χ0n) is 18.9. The number of likely N-dealkylation sites (N-methyl/N-ethyl adjacent to an activating group) is 1. The number of hydrogen-bond donors (Lipinski definition) is 2. The number of pyridine rings is 1. The topological polar surface area (TPSA) is 97.9 Å². The van der Waals surface area contributed by atoms with Crippen LogP contribution in [0.4, 0.5) is 10.6 Å². The number of anilines is 1. The van der Waals surface area contributed by atoms with Gasteiger partial charge in [0.2, 0.25) is 5.91 Å². The van der Waals surface area contributed by atoms with Crippen molar-refractivity contribution in [1.82, 2.24) is 25.4 Å². The Hall–Kier alpha value is -2.68. The smallest absolute Gasteiger partial charge is 0.325 e. The summed E-state index contributed by atoms with van der Waals surface area (Å²) in [5, 5.41) is 5.78. The molecular weight excluding hydrogens is 408 g/mol. The van der Waals surface area contributed by atoms with E-state index in [2.05, 4.69) is 32.3 Å². The van der Waals surface area contributed by atoms with Crippen LogP contribution in [0, 0.1) is 0 Å². The fraction of sp³-hybridized carbons (Fsp3) is 0.652. The van der Waals surface area contributed by atoms with E-state index in [1.165, 1.54) is 4.90 Å². The fourth-order valence-electron chi connectivity index (χ4n) is 4.88. The molecule has 0 atom stereocenters. The van der Waals surface area contributed by atoms with Crippen LogP contribution in [0.3, 0.4) is 0 Å². The second kappa shape index (κ2) is 9.85. The largest absolute Gasteiger partial charge is 0.354 e. The fourth-order valence-corrected chi connectivity index (χ4v) is 4.88. The van der Waals surface area contributed by atoms with Gasteiger partial charge in [-0.05, 0) is 37.4 Å². The van der Waals surface area contributed by atoms with Gasteiger partial charge in [0.15, 0.2) is 0 Å². The van der Waals surface area contributed by atoms with E-state index in [0.717, 1.165) is 69.8 Å². The lowest BCUT2D eigenvalue weighted by molar-refractivity contribution is -0.131. The molecule has 0 aromatic carbocycles. The van der Waals surface area contributed by atoms with Crippen LogP contribution in [0.2, 0.25) is 0 Å². The van der Waals surface area contributed by atoms with Crippen molar-refractivity contribution in [1.29, 1.82) is 0 Å². The first-order valence-electron chi connectivity index (χ1n) is 11.8. The van der Waals surface area contributed by atoms with Crippen LogP contribution in [0.25, 0.3) is 0 Å². The third kappa shape index (κ3) is 4.87. The number of aromatic nitrogens is 1. The van der Waals surface area contributed by atoms with Crippen LogP contribution in [0.1, 0.15) is 51.0 Å². The van der Waals surface area contributed by atoms with Gasteiger partial charge in [-0.3, -0.25) is 14.5 Å². The molecule has 1 aromatic rings. The average Bonchev–Trinajstić information content (AvgIpc) is 3.38. The number of rotatable bonds is 8. The van der Waals surface area contributed by atoms with Crippen molar-refractivity contribution >= 4 is 23.7 Å². The highest BCUT2D eigenvalue weighted by atomic mass is 16.2. The highest BCUT2D eigenvalue weighted by molar-refractivity contribution is 6.07. The summed E-state index contributed by atoms with van der Waals surface area (Å²) in [6, 6.07) is 3.70. The number of hydrogen-bond acceptors (Lipinski definition) is 6. The molecule has 1 aliphatic carbocycles. The van der Waals surface area contributed by atoms with Crippen LogP contribution in [-0.2, 0) is 16.1 Å². The monoisotopic (exact) mass is 442 g/mol. The molecule has 2 saturated heterocycles. The van der Waals surface area contributed by atoms with Crippen LogP contribution in [0.15, 0.2) is 18.3 Å². The summed E-state index contributed by atoms with van der Waals surface area (Å²) >= 11 is 0. The van der Waals surface area contributed by atoms with Crippen molar-refractivity contribution in [2.24, 2.45) is 0 Å². The molecule has 0 unspecified atom stereocenters. The molecule has 0 bridgehead atoms. The number of imide groups is 1. The van der Waals surface area contributed by atoms with E-state index in [9.17, 15) is 14.4 Å². The van der Waals surface area contributed by atoms with Gasteiger partial charge in [0.1, 0.15) is 11.4 Å².